The molecule has 0 radical (unpaired) electrons. The minimum Gasteiger partial charge on any atom is -0.477 e. The molecule has 0 atom stereocenters. The van der Waals surface area contributed by atoms with Crippen LogP contribution in [0, 0.1) is 0 Å². The number of hydrogen-bond donors (Lipinski definition) is 1. The molecule has 0 spiro atoms. The van der Waals surface area contributed by atoms with E-state index in [-0.39, 0.29) is 4.88 Å². The highest BCUT2D eigenvalue weighted by Crippen LogP contribution is 2.36. The second-order valence-corrected chi connectivity index (χ2v) is 5.77. The minimum atomic E-state index is -4.37. The normalized spacial score (nSPS) is 11.8. The molecule has 1 aromatic heterocycles. The minimum absolute atomic E-state index is 0.203. The van der Waals surface area contributed by atoms with Gasteiger partial charge in [-0.05, 0) is 34.7 Å². The Hall–Kier alpha value is -2.34. The molecule has 0 aliphatic carbocycles. The van der Waals surface area contributed by atoms with Gasteiger partial charge in [-0.1, -0.05) is 30.3 Å². The lowest BCUT2D eigenvalue weighted by Gasteiger charge is -2.08. The Kier molecular flexibility index (Phi) is 3.41. The summed E-state index contributed by atoms with van der Waals surface area (Å²) in [6, 6.07) is 11.7. The van der Waals surface area contributed by atoms with E-state index in [4.69, 9.17) is 5.11 Å². The quantitative estimate of drug-likeness (QED) is 0.696. The zero-order chi connectivity index (χ0) is 15.9. The van der Waals surface area contributed by atoms with Gasteiger partial charge in [0.25, 0.3) is 0 Å². The number of rotatable bonds is 2. The maximum atomic E-state index is 12.6. The van der Waals surface area contributed by atoms with E-state index in [2.05, 4.69) is 0 Å². The molecule has 0 fully saturated rings. The van der Waals surface area contributed by atoms with E-state index in [9.17, 15) is 18.0 Å². The third-order valence-electron chi connectivity index (χ3n) is 3.28. The molecule has 0 bridgehead atoms. The standard InChI is InChI=1S/C16H9F3O2S/c17-16(18,19)11-6-4-9(5-7-11)12-3-1-2-10-8-13(15(20)21)22-14(10)12/h1-8H,(H,20,21). The van der Waals surface area contributed by atoms with Crippen LogP contribution in [0.25, 0.3) is 21.2 Å². The lowest BCUT2D eigenvalue weighted by molar-refractivity contribution is -0.137. The zero-order valence-electron chi connectivity index (χ0n) is 11.0. The van der Waals surface area contributed by atoms with Gasteiger partial charge in [-0.2, -0.15) is 13.2 Å². The van der Waals surface area contributed by atoms with Crippen LogP contribution in [0.1, 0.15) is 15.2 Å². The predicted octanol–water partition coefficient (Wildman–Crippen LogP) is 5.29. The molecular weight excluding hydrogens is 313 g/mol. The predicted molar refractivity (Wildman–Crippen MR) is 79.2 cm³/mol. The second-order valence-electron chi connectivity index (χ2n) is 4.71. The topological polar surface area (TPSA) is 37.3 Å². The molecule has 6 heteroatoms. The van der Waals surface area contributed by atoms with E-state index in [0.29, 0.717) is 5.56 Å². The third-order valence-corrected chi connectivity index (χ3v) is 4.45. The van der Waals surface area contributed by atoms with Gasteiger partial charge in [-0.25, -0.2) is 4.79 Å². The molecule has 0 saturated heterocycles. The molecule has 1 N–H and O–H groups in total. The number of carbonyl (C=O) groups is 1. The first-order chi connectivity index (χ1) is 10.4. The van der Waals surface area contributed by atoms with E-state index in [1.165, 1.54) is 12.1 Å². The Bertz CT molecular complexity index is 848. The molecule has 3 rings (SSSR count). The van der Waals surface area contributed by atoms with E-state index in [0.717, 1.165) is 39.1 Å². The van der Waals surface area contributed by atoms with Crippen LogP contribution in [0.3, 0.4) is 0 Å². The van der Waals surface area contributed by atoms with Gasteiger partial charge in [0.2, 0.25) is 0 Å². The van der Waals surface area contributed by atoms with Crippen molar-refractivity contribution in [1.82, 2.24) is 0 Å². The van der Waals surface area contributed by atoms with Crippen molar-refractivity contribution in [2.45, 2.75) is 6.18 Å². The van der Waals surface area contributed by atoms with Crippen LogP contribution in [0.15, 0.2) is 48.5 Å². The van der Waals surface area contributed by atoms with Gasteiger partial charge in [0.15, 0.2) is 0 Å². The molecule has 0 saturated carbocycles. The lowest BCUT2D eigenvalue weighted by atomic mass is 10.0. The number of aromatic carboxylic acids is 1. The highest BCUT2D eigenvalue weighted by molar-refractivity contribution is 7.21. The van der Waals surface area contributed by atoms with Crippen molar-refractivity contribution in [3.63, 3.8) is 0 Å². The van der Waals surface area contributed by atoms with Crippen molar-refractivity contribution >= 4 is 27.4 Å². The fraction of sp³-hybridized carbons (Fsp3) is 0.0625. The van der Waals surface area contributed by atoms with E-state index >= 15 is 0 Å². The smallest absolute Gasteiger partial charge is 0.416 e. The number of hydrogen-bond acceptors (Lipinski definition) is 2. The number of halogens is 3. The van der Waals surface area contributed by atoms with E-state index in [1.807, 2.05) is 0 Å². The number of carboxylic acid groups (broad SMARTS) is 1. The van der Waals surface area contributed by atoms with Crippen molar-refractivity contribution in [3.8, 4) is 11.1 Å². The van der Waals surface area contributed by atoms with Gasteiger partial charge in [0.05, 0.1) is 5.56 Å². The maximum absolute atomic E-state index is 12.6. The van der Waals surface area contributed by atoms with Gasteiger partial charge >= 0.3 is 12.1 Å². The molecule has 0 aliphatic rings. The molecule has 112 valence electrons. The fourth-order valence-electron chi connectivity index (χ4n) is 2.23. The summed E-state index contributed by atoms with van der Waals surface area (Å²) in [6.07, 6.45) is -4.37. The number of benzene rings is 2. The first-order valence-electron chi connectivity index (χ1n) is 6.30. The van der Waals surface area contributed by atoms with Crippen molar-refractivity contribution in [1.29, 1.82) is 0 Å². The Labute approximate surface area is 127 Å². The van der Waals surface area contributed by atoms with Gasteiger partial charge in [0.1, 0.15) is 4.88 Å². The molecule has 0 unspecified atom stereocenters. The molecule has 3 aromatic rings. The monoisotopic (exact) mass is 322 g/mol. The lowest BCUT2D eigenvalue weighted by Crippen LogP contribution is -2.03. The first-order valence-corrected chi connectivity index (χ1v) is 7.11. The maximum Gasteiger partial charge on any atom is 0.416 e. The Balaban J connectivity index is 2.12. The SMILES string of the molecule is O=C(O)c1cc2cccc(-c3ccc(C(F)(F)F)cc3)c2s1. The summed E-state index contributed by atoms with van der Waals surface area (Å²) in [6.45, 7) is 0. The van der Waals surface area contributed by atoms with Gasteiger partial charge in [0, 0.05) is 4.70 Å². The summed E-state index contributed by atoms with van der Waals surface area (Å²) in [5, 5.41) is 9.82. The fourth-order valence-corrected chi connectivity index (χ4v) is 3.27. The zero-order valence-corrected chi connectivity index (χ0v) is 11.8. The van der Waals surface area contributed by atoms with Crippen LogP contribution in [0.2, 0.25) is 0 Å². The van der Waals surface area contributed by atoms with E-state index in [1.54, 1.807) is 24.3 Å². The van der Waals surface area contributed by atoms with Crippen LogP contribution in [0.5, 0.6) is 0 Å². The molecular formula is C16H9F3O2S. The largest absolute Gasteiger partial charge is 0.477 e. The second kappa shape index (κ2) is 5.14. The first kappa shape index (κ1) is 14.6. The van der Waals surface area contributed by atoms with Crippen LogP contribution < -0.4 is 0 Å². The molecule has 2 nitrogen and oxygen atoms in total. The van der Waals surface area contributed by atoms with Crippen LogP contribution in [-0.2, 0) is 6.18 Å². The number of thiophene rings is 1. The van der Waals surface area contributed by atoms with Gasteiger partial charge in [-0.15, -0.1) is 11.3 Å². The van der Waals surface area contributed by atoms with Crippen molar-refractivity contribution in [2.75, 3.05) is 0 Å². The van der Waals surface area contributed by atoms with Gasteiger partial charge in [-0.3, -0.25) is 0 Å². The van der Waals surface area contributed by atoms with Crippen LogP contribution >= 0.6 is 11.3 Å². The number of alkyl halides is 3. The molecule has 0 amide bonds. The average Bonchev–Trinajstić information content (AvgIpc) is 2.90. The van der Waals surface area contributed by atoms with Crippen molar-refractivity contribution in [2.24, 2.45) is 0 Å². The summed E-state index contributed by atoms with van der Waals surface area (Å²) >= 11 is 1.11. The van der Waals surface area contributed by atoms with Crippen LogP contribution in [-0.4, -0.2) is 11.1 Å². The van der Waals surface area contributed by atoms with Gasteiger partial charge < -0.3 is 5.11 Å². The average molecular weight is 322 g/mol. The highest BCUT2D eigenvalue weighted by Gasteiger charge is 2.30. The summed E-state index contributed by atoms with van der Waals surface area (Å²) in [7, 11) is 0. The number of fused-ring (bicyclic) bond motifs is 1. The Morgan fingerprint density at radius 3 is 2.32 bits per heavy atom. The van der Waals surface area contributed by atoms with Crippen molar-refractivity contribution in [3.05, 3.63) is 59.0 Å². The summed E-state index contributed by atoms with van der Waals surface area (Å²) in [4.78, 5) is 11.3. The molecule has 0 aliphatic heterocycles. The molecule has 2 aromatic carbocycles. The molecule has 1 heterocycles. The van der Waals surface area contributed by atoms with Crippen LogP contribution in [0.4, 0.5) is 13.2 Å². The summed E-state index contributed by atoms with van der Waals surface area (Å²) in [5.74, 6) is -1.01. The molecule has 22 heavy (non-hydrogen) atoms. The van der Waals surface area contributed by atoms with Crippen molar-refractivity contribution < 1.29 is 23.1 Å². The summed E-state index contributed by atoms with van der Waals surface area (Å²) < 4.78 is 38.6. The Morgan fingerprint density at radius 2 is 1.73 bits per heavy atom. The number of carboxylic acids is 1. The van der Waals surface area contributed by atoms with E-state index < -0.39 is 17.7 Å². The summed E-state index contributed by atoms with van der Waals surface area (Å²) in [5.41, 5.74) is 0.641. The third kappa shape index (κ3) is 2.57. The highest BCUT2D eigenvalue weighted by atomic mass is 32.1. The Morgan fingerprint density at radius 1 is 1.05 bits per heavy atom.